The molecule has 1 aromatic carbocycles. The number of hydrogen-bond donors (Lipinski definition) is 1. The standard InChI is InChI=1S/C14H17ClN2/c1-9-6-12(15)11-5-4-10(7-13(11)17-9)8-14(2,3)16/h4-7H,8,16H2,1-3H3. The van der Waals surface area contributed by atoms with Gasteiger partial charge in [-0.3, -0.25) is 4.98 Å². The van der Waals surface area contributed by atoms with Crippen molar-refractivity contribution in [3.8, 4) is 0 Å². The minimum Gasteiger partial charge on any atom is -0.325 e. The van der Waals surface area contributed by atoms with E-state index in [-0.39, 0.29) is 5.54 Å². The summed E-state index contributed by atoms with van der Waals surface area (Å²) in [4.78, 5) is 4.50. The summed E-state index contributed by atoms with van der Waals surface area (Å²) in [5, 5.41) is 1.75. The molecule has 0 aliphatic rings. The van der Waals surface area contributed by atoms with E-state index in [1.807, 2.05) is 32.9 Å². The molecule has 0 aliphatic carbocycles. The zero-order chi connectivity index (χ0) is 12.6. The van der Waals surface area contributed by atoms with Crippen LogP contribution >= 0.6 is 11.6 Å². The molecule has 0 radical (unpaired) electrons. The van der Waals surface area contributed by atoms with Gasteiger partial charge in [-0.1, -0.05) is 23.7 Å². The van der Waals surface area contributed by atoms with Crippen molar-refractivity contribution in [2.75, 3.05) is 0 Å². The lowest BCUT2D eigenvalue weighted by Crippen LogP contribution is -2.34. The first kappa shape index (κ1) is 12.3. The van der Waals surface area contributed by atoms with Crippen LogP contribution in [0, 0.1) is 6.92 Å². The Morgan fingerprint density at radius 2 is 2.00 bits per heavy atom. The Bertz CT molecular complexity index is 556. The smallest absolute Gasteiger partial charge is 0.0722 e. The number of nitrogens with two attached hydrogens (primary N) is 1. The van der Waals surface area contributed by atoms with Crippen LogP contribution in [-0.2, 0) is 6.42 Å². The highest BCUT2D eigenvalue weighted by Crippen LogP contribution is 2.24. The molecule has 3 heteroatoms. The molecule has 0 saturated carbocycles. The molecule has 1 aromatic heterocycles. The van der Waals surface area contributed by atoms with Gasteiger partial charge in [0.15, 0.2) is 0 Å². The van der Waals surface area contributed by atoms with Crippen LogP contribution in [0.4, 0.5) is 0 Å². The largest absolute Gasteiger partial charge is 0.325 e. The van der Waals surface area contributed by atoms with Crippen LogP contribution in [-0.4, -0.2) is 10.5 Å². The molecule has 2 N–H and O–H groups in total. The van der Waals surface area contributed by atoms with Gasteiger partial charge < -0.3 is 5.73 Å². The zero-order valence-corrected chi connectivity index (χ0v) is 11.2. The molecule has 17 heavy (non-hydrogen) atoms. The Morgan fingerprint density at radius 3 is 2.65 bits per heavy atom. The summed E-state index contributed by atoms with van der Waals surface area (Å²) in [5.41, 5.74) is 8.89. The van der Waals surface area contributed by atoms with Gasteiger partial charge in [0.05, 0.1) is 10.5 Å². The van der Waals surface area contributed by atoms with E-state index < -0.39 is 0 Å². The minimum atomic E-state index is -0.207. The van der Waals surface area contributed by atoms with Crippen molar-refractivity contribution in [2.24, 2.45) is 5.73 Å². The molecular formula is C14H17ClN2. The van der Waals surface area contributed by atoms with Gasteiger partial charge in [0, 0.05) is 16.6 Å². The number of pyridine rings is 1. The minimum absolute atomic E-state index is 0.207. The van der Waals surface area contributed by atoms with Crippen LogP contribution in [0.3, 0.4) is 0 Å². The van der Waals surface area contributed by atoms with Gasteiger partial charge in [-0.2, -0.15) is 0 Å². The summed E-state index contributed by atoms with van der Waals surface area (Å²) < 4.78 is 0. The highest BCUT2D eigenvalue weighted by molar-refractivity contribution is 6.35. The molecule has 0 atom stereocenters. The monoisotopic (exact) mass is 248 g/mol. The van der Waals surface area contributed by atoms with Crippen LogP contribution in [0.1, 0.15) is 25.1 Å². The first-order valence-corrected chi connectivity index (χ1v) is 6.08. The summed E-state index contributed by atoms with van der Waals surface area (Å²) in [7, 11) is 0. The maximum atomic E-state index is 6.18. The number of aromatic nitrogens is 1. The second-order valence-electron chi connectivity index (χ2n) is 5.26. The molecule has 2 rings (SSSR count). The average molecular weight is 249 g/mol. The van der Waals surface area contributed by atoms with Gasteiger partial charge in [-0.05, 0) is 44.9 Å². The third-order valence-electron chi connectivity index (χ3n) is 2.61. The lowest BCUT2D eigenvalue weighted by molar-refractivity contribution is 0.517. The van der Waals surface area contributed by atoms with Crippen molar-refractivity contribution in [3.05, 3.63) is 40.5 Å². The molecule has 0 saturated heterocycles. The molecule has 90 valence electrons. The molecule has 0 fully saturated rings. The highest BCUT2D eigenvalue weighted by Gasteiger charge is 2.12. The molecule has 0 aliphatic heterocycles. The van der Waals surface area contributed by atoms with E-state index in [2.05, 4.69) is 17.1 Å². The van der Waals surface area contributed by atoms with Gasteiger partial charge in [0.25, 0.3) is 0 Å². The van der Waals surface area contributed by atoms with Crippen LogP contribution in [0.15, 0.2) is 24.3 Å². The first-order chi connectivity index (χ1) is 7.85. The number of fused-ring (bicyclic) bond motifs is 1. The number of nitrogens with zero attached hydrogens (tertiary/aromatic N) is 1. The number of hydrogen-bond acceptors (Lipinski definition) is 2. The molecule has 2 aromatic rings. The quantitative estimate of drug-likeness (QED) is 0.884. The van der Waals surface area contributed by atoms with Crippen molar-refractivity contribution in [1.29, 1.82) is 0 Å². The average Bonchev–Trinajstić information content (AvgIpc) is 2.13. The molecule has 2 nitrogen and oxygen atoms in total. The third-order valence-corrected chi connectivity index (χ3v) is 2.92. The van der Waals surface area contributed by atoms with Gasteiger partial charge in [-0.25, -0.2) is 0 Å². The summed E-state index contributed by atoms with van der Waals surface area (Å²) in [6.07, 6.45) is 0.830. The van der Waals surface area contributed by atoms with E-state index in [0.717, 1.165) is 28.0 Å². The second kappa shape index (κ2) is 4.28. The Labute approximate surface area is 107 Å². The zero-order valence-electron chi connectivity index (χ0n) is 10.4. The Hall–Kier alpha value is -1.12. The predicted octanol–water partition coefficient (Wildman–Crippen LogP) is 3.48. The van der Waals surface area contributed by atoms with Gasteiger partial charge >= 0.3 is 0 Å². The van der Waals surface area contributed by atoms with E-state index >= 15 is 0 Å². The summed E-state index contributed by atoms with van der Waals surface area (Å²) in [5.74, 6) is 0. The van der Waals surface area contributed by atoms with E-state index in [9.17, 15) is 0 Å². The number of rotatable bonds is 2. The fraction of sp³-hybridized carbons (Fsp3) is 0.357. The third kappa shape index (κ3) is 2.96. The molecule has 0 bridgehead atoms. The maximum absolute atomic E-state index is 6.18. The van der Waals surface area contributed by atoms with Crippen LogP contribution in [0.2, 0.25) is 5.02 Å². The molecule has 1 heterocycles. The van der Waals surface area contributed by atoms with Crippen molar-refractivity contribution < 1.29 is 0 Å². The molecule has 0 spiro atoms. The Balaban J connectivity index is 2.50. The van der Waals surface area contributed by atoms with E-state index in [1.165, 1.54) is 5.56 Å². The van der Waals surface area contributed by atoms with Gasteiger partial charge in [0.2, 0.25) is 0 Å². The van der Waals surface area contributed by atoms with Crippen LogP contribution in [0.5, 0.6) is 0 Å². The Kier molecular flexibility index (Phi) is 3.11. The fourth-order valence-electron chi connectivity index (χ4n) is 1.99. The summed E-state index contributed by atoms with van der Waals surface area (Å²) >= 11 is 6.18. The Morgan fingerprint density at radius 1 is 1.29 bits per heavy atom. The molecular weight excluding hydrogens is 232 g/mol. The topological polar surface area (TPSA) is 38.9 Å². The summed E-state index contributed by atoms with van der Waals surface area (Å²) in [6.45, 7) is 5.99. The van der Waals surface area contributed by atoms with Crippen LogP contribution in [0.25, 0.3) is 10.9 Å². The van der Waals surface area contributed by atoms with Crippen molar-refractivity contribution >= 4 is 22.5 Å². The maximum Gasteiger partial charge on any atom is 0.0722 e. The van der Waals surface area contributed by atoms with Crippen molar-refractivity contribution in [1.82, 2.24) is 4.98 Å². The summed E-state index contributed by atoms with van der Waals surface area (Å²) in [6, 6.07) is 8.05. The van der Waals surface area contributed by atoms with Crippen molar-refractivity contribution in [3.63, 3.8) is 0 Å². The van der Waals surface area contributed by atoms with E-state index in [0.29, 0.717) is 0 Å². The molecule has 0 unspecified atom stereocenters. The predicted molar refractivity (Wildman–Crippen MR) is 73.5 cm³/mol. The lowest BCUT2D eigenvalue weighted by atomic mass is 9.95. The normalized spacial score (nSPS) is 12.1. The SMILES string of the molecule is Cc1cc(Cl)c2ccc(CC(C)(C)N)cc2n1. The van der Waals surface area contributed by atoms with E-state index in [4.69, 9.17) is 17.3 Å². The van der Waals surface area contributed by atoms with Crippen molar-refractivity contribution in [2.45, 2.75) is 32.7 Å². The van der Waals surface area contributed by atoms with E-state index in [1.54, 1.807) is 0 Å². The molecule has 0 amide bonds. The highest BCUT2D eigenvalue weighted by atomic mass is 35.5. The fourth-order valence-corrected chi connectivity index (χ4v) is 2.31. The van der Waals surface area contributed by atoms with Crippen LogP contribution < -0.4 is 5.73 Å². The first-order valence-electron chi connectivity index (χ1n) is 5.70. The number of aryl methyl sites for hydroxylation is 1. The second-order valence-corrected chi connectivity index (χ2v) is 5.67. The van der Waals surface area contributed by atoms with Gasteiger partial charge in [0.1, 0.15) is 0 Å². The number of halogens is 1. The number of benzene rings is 1. The van der Waals surface area contributed by atoms with Gasteiger partial charge in [-0.15, -0.1) is 0 Å². The lowest BCUT2D eigenvalue weighted by Gasteiger charge is -2.18.